The van der Waals surface area contributed by atoms with Crippen LogP contribution in [-0.2, 0) is 4.74 Å². The topological polar surface area (TPSA) is 21.3 Å². The molecule has 0 atom stereocenters. The zero-order chi connectivity index (χ0) is 13.2. The summed E-state index contributed by atoms with van der Waals surface area (Å²) in [6, 6.07) is 0.792. The first-order valence-electron chi connectivity index (χ1n) is 7.92. The Bertz CT molecular complexity index is 250. The van der Waals surface area contributed by atoms with E-state index in [1.807, 2.05) is 0 Å². The highest BCUT2D eigenvalue weighted by atomic mass is 16.5. The molecule has 2 nitrogen and oxygen atoms in total. The fraction of sp³-hybridized carbons (Fsp3) is 1.00. The standard InChI is InChI=1S/C16H31NO/c1-12(2)14-7-9-16(10-8-14,18-13(3)4)11-17-15-5-6-15/h12-15,17H,5-11H2,1-4H3. The Labute approximate surface area is 113 Å². The monoisotopic (exact) mass is 253 g/mol. The summed E-state index contributed by atoms with van der Waals surface area (Å²) >= 11 is 0. The minimum Gasteiger partial charge on any atom is -0.371 e. The van der Waals surface area contributed by atoms with Crippen LogP contribution in [0.15, 0.2) is 0 Å². The minimum atomic E-state index is 0.127. The van der Waals surface area contributed by atoms with Crippen molar-refractivity contribution in [2.24, 2.45) is 11.8 Å². The summed E-state index contributed by atoms with van der Waals surface area (Å²) in [6.45, 7) is 10.1. The van der Waals surface area contributed by atoms with Crippen LogP contribution in [0.1, 0.15) is 66.2 Å². The van der Waals surface area contributed by atoms with Crippen LogP contribution < -0.4 is 5.32 Å². The number of rotatable bonds is 6. The van der Waals surface area contributed by atoms with E-state index >= 15 is 0 Å². The minimum absolute atomic E-state index is 0.127. The lowest BCUT2D eigenvalue weighted by Gasteiger charge is -2.42. The Morgan fingerprint density at radius 3 is 2.11 bits per heavy atom. The predicted octanol–water partition coefficient (Wildman–Crippen LogP) is 3.75. The van der Waals surface area contributed by atoms with Gasteiger partial charge in [-0.05, 0) is 64.2 Å². The van der Waals surface area contributed by atoms with Crippen molar-refractivity contribution in [2.75, 3.05) is 6.54 Å². The van der Waals surface area contributed by atoms with Crippen LogP contribution in [0.25, 0.3) is 0 Å². The lowest BCUT2D eigenvalue weighted by atomic mass is 9.74. The van der Waals surface area contributed by atoms with Gasteiger partial charge in [-0.3, -0.25) is 0 Å². The molecular weight excluding hydrogens is 222 g/mol. The Kier molecular flexibility index (Phi) is 4.71. The van der Waals surface area contributed by atoms with Crippen molar-refractivity contribution in [1.29, 1.82) is 0 Å². The van der Waals surface area contributed by atoms with Gasteiger partial charge in [-0.15, -0.1) is 0 Å². The van der Waals surface area contributed by atoms with Crippen molar-refractivity contribution in [2.45, 2.75) is 84.0 Å². The largest absolute Gasteiger partial charge is 0.371 e. The Balaban J connectivity index is 1.88. The van der Waals surface area contributed by atoms with Crippen LogP contribution >= 0.6 is 0 Å². The van der Waals surface area contributed by atoms with Gasteiger partial charge < -0.3 is 10.1 Å². The first-order valence-corrected chi connectivity index (χ1v) is 7.92. The van der Waals surface area contributed by atoms with Crippen LogP contribution in [0.3, 0.4) is 0 Å². The molecule has 1 N–H and O–H groups in total. The maximum atomic E-state index is 6.32. The maximum absolute atomic E-state index is 6.32. The predicted molar refractivity (Wildman–Crippen MR) is 76.8 cm³/mol. The van der Waals surface area contributed by atoms with Crippen LogP contribution in [-0.4, -0.2) is 24.3 Å². The number of ether oxygens (including phenoxy) is 1. The van der Waals surface area contributed by atoms with Gasteiger partial charge in [0.05, 0.1) is 11.7 Å². The number of hydrogen-bond donors (Lipinski definition) is 1. The first kappa shape index (κ1) is 14.3. The molecule has 2 rings (SSSR count). The van der Waals surface area contributed by atoms with Crippen molar-refractivity contribution in [3.05, 3.63) is 0 Å². The third-order valence-electron chi connectivity index (χ3n) is 4.66. The molecule has 0 unspecified atom stereocenters. The van der Waals surface area contributed by atoms with E-state index in [0.717, 1.165) is 24.4 Å². The molecule has 2 heteroatoms. The van der Waals surface area contributed by atoms with Crippen molar-refractivity contribution >= 4 is 0 Å². The second-order valence-electron chi connectivity index (χ2n) is 7.09. The summed E-state index contributed by atoms with van der Waals surface area (Å²) in [4.78, 5) is 0. The molecule has 0 aliphatic heterocycles. The normalized spacial score (nSPS) is 33.3. The molecular formula is C16H31NO. The SMILES string of the molecule is CC(C)OC1(CNC2CC2)CCC(C(C)C)CC1. The van der Waals surface area contributed by atoms with Crippen molar-refractivity contribution in [3.63, 3.8) is 0 Å². The van der Waals surface area contributed by atoms with Gasteiger partial charge in [0.2, 0.25) is 0 Å². The molecule has 0 saturated heterocycles. The molecule has 0 spiro atoms. The van der Waals surface area contributed by atoms with Crippen LogP contribution in [0.4, 0.5) is 0 Å². The van der Waals surface area contributed by atoms with Gasteiger partial charge in [-0.2, -0.15) is 0 Å². The van der Waals surface area contributed by atoms with Crippen molar-refractivity contribution < 1.29 is 4.74 Å². The molecule has 0 aromatic heterocycles. The van der Waals surface area contributed by atoms with Gasteiger partial charge in [-0.1, -0.05) is 13.8 Å². The molecule has 0 amide bonds. The van der Waals surface area contributed by atoms with Gasteiger partial charge >= 0.3 is 0 Å². The quantitative estimate of drug-likeness (QED) is 0.778. The molecule has 0 radical (unpaired) electrons. The zero-order valence-corrected chi connectivity index (χ0v) is 12.7. The summed E-state index contributed by atoms with van der Waals surface area (Å²) in [5, 5.41) is 3.69. The summed E-state index contributed by atoms with van der Waals surface area (Å²) in [5.41, 5.74) is 0.127. The lowest BCUT2D eigenvalue weighted by molar-refractivity contribution is -0.108. The van der Waals surface area contributed by atoms with Gasteiger partial charge in [0.1, 0.15) is 0 Å². The lowest BCUT2D eigenvalue weighted by Crippen LogP contribution is -2.48. The Morgan fingerprint density at radius 2 is 1.67 bits per heavy atom. The molecule has 0 aromatic carbocycles. The van der Waals surface area contributed by atoms with E-state index in [-0.39, 0.29) is 5.60 Å². The second-order valence-corrected chi connectivity index (χ2v) is 7.09. The van der Waals surface area contributed by atoms with E-state index in [1.54, 1.807) is 0 Å². The Morgan fingerprint density at radius 1 is 1.06 bits per heavy atom. The Hall–Kier alpha value is -0.0800. The van der Waals surface area contributed by atoms with Gasteiger partial charge in [0.15, 0.2) is 0 Å². The summed E-state index contributed by atoms with van der Waals surface area (Å²) in [5.74, 6) is 1.74. The molecule has 0 bridgehead atoms. The molecule has 106 valence electrons. The molecule has 0 heterocycles. The van der Waals surface area contributed by atoms with Crippen molar-refractivity contribution in [3.8, 4) is 0 Å². The van der Waals surface area contributed by atoms with Gasteiger partial charge in [0.25, 0.3) is 0 Å². The second kappa shape index (κ2) is 5.92. The van der Waals surface area contributed by atoms with E-state index < -0.39 is 0 Å². The molecule has 0 aromatic rings. The van der Waals surface area contributed by atoms with E-state index in [4.69, 9.17) is 4.74 Å². The van der Waals surface area contributed by atoms with E-state index in [0.29, 0.717) is 6.10 Å². The fourth-order valence-electron chi connectivity index (χ4n) is 3.29. The number of nitrogens with one attached hydrogen (secondary N) is 1. The van der Waals surface area contributed by atoms with Crippen molar-refractivity contribution in [1.82, 2.24) is 5.32 Å². The summed E-state index contributed by atoms with van der Waals surface area (Å²) < 4.78 is 6.32. The third-order valence-corrected chi connectivity index (χ3v) is 4.66. The zero-order valence-electron chi connectivity index (χ0n) is 12.7. The molecule has 2 fully saturated rings. The maximum Gasteiger partial charge on any atom is 0.0810 e. The smallest absolute Gasteiger partial charge is 0.0810 e. The first-order chi connectivity index (χ1) is 8.51. The number of hydrogen-bond acceptors (Lipinski definition) is 2. The fourth-order valence-corrected chi connectivity index (χ4v) is 3.29. The highest BCUT2D eigenvalue weighted by Gasteiger charge is 2.38. The molecule has 2 saturated carbocycles. The summed E-state index contributed by atoms with van der Waals surface area (Å²) in [7, 11) is 0. The van der Waals surface area contributed by atoms with Gasteiger partial charge in [0, 0.05) is 12.6 Å². The van der Waals surface area contributed by atoms with E-state index in [9.17, 15) is 0 Å². The highest BCUT2D eigenvalue weighted by molar-refractivity contribution is 4.93. The average molecular weight is 253 g/mol. The van der Waals surface area contributed by atoms with Gasteiger partial charge in [-0.25, -0.2) is 0 Å². The van der Waals surface area contributed by atoms with Crippen LogP contribution in [0, 0.1) is 11.8 Å². The van der Waals surface area contributed by atoms with E-state index in [1.165, 1.54) is 38.5 Å². The summed E-state index contributed by atoms with van der Waals surface area (Å²) in [6.07, 6.45) is 8.26. The molecule has 2 aliphatic carbocycles. The van der Waals surface area contributed by atoms with Crippen LogP contribution in [0.2, 0.25) is 0 Å². The average Bonchev–Trinajstić information content (AvgIpc) is 3.10. The molecule has 18 heavy (non-hydrogen) atoms. The van der Waals surface area contributed by atoms with E-state index in [2.05, 4.69) is 33.0 Å². The van der Waals surface area contributed by atoms with Crippen LogP contribution in [0.5, 0.6) is 0 Å². The molecule has 2 aliphatic rings. The highest BCUT2D eigenvalue weighted by Crippen LogP contribution is 2.39. The third kappa shape index (κ3) is 3.96.